The smallest absolute Gasteiger partial charge is 0.0898 e. The molecule has 1 aliphatic rings. The van der Waals surface area contributed by atoms with Crippen LogP contribution in [0.4, 0.5) is 0 Å². The third-order valence-electron chi connectivity index (χ3n) is 5.39. The number of hydrogen-bond acceptors (Lipinski definition) is 3. The molecule has 2 atom stereocenters. The molecule has 1 saturated carbocycles. The predicted molar refractivity (Wildman–Crippen MR) is 86.2 cm³/mol. The van der Waals surface area contributed by atoms with E-state index in [-0.39, 0.29) is 6.10 Å². The van der Waals surface area contributed by atoms with Gasteiger partial charge >= 0.3 is 0 Å². The van der Waals surface area contributed by atoms with Crippen LogP contribution < -0.4 is 5.32 Å². The average molecular weight is 291 g/mol. The highest BCUT2D eigenvalue weighted by Gasteiger charge is 2.64. The molecule has 0 spiro atoms. The van der Waals surface area contributed by atoms with Crippen molar-refractivity contribution in [2.24, 2.45) is 10.8 Å². The molecule has 0 amide bonds. The topological polar surface area (TPSA) is 41.5 Å². The van der Waals surface area contributed by atoms with E-state index < -0.39 is 6.10 Å². The average Bonchev–Trinajstić information content (AvgIpc) is 2.84. The fourth-order valence-corrected chi connectivity index (χ4v) is 3.10. The molecule has 3 heteroatoms. The van der Waals surface area contributed by atoms with Crippen molar-refractivity contribution in [3.63, 3.8) is 0 Å². The fraction of sp³-hybridized carbons (Fsp3) is 0.667. The molecule has 2 unspecified atom stereocenters. The van der Waals surface area contributed by atoms with E-state index in [0.717, 1.165) is 5.56 Å². The normalized spacial score (nSPS) is 22.8. The first-order chi connectivity index (χ1) is 9.76. The minimum absolute atomic E-state index is 0.00894. The Hall–Kier alpha value is -0.900. The van der Waals surface area contributed by atoms with Crippen molar-refractivity contribution in [2.45, 2.75) is 52.9 Å². The van der Waals surface area contributed by atoms with E-state index in [2.05, 4.69) is 33.0 Å². The van der Waals surface area contributed by atoms with Crippen LogP contribution in [0.2, 0.25) is 0 Å². The molecule has 0 aromatic heterocycles. The maximum atomic E-state index is 10.1. The minimum atomic E-state index is -0.469. The molecule has 1 fully saturated rings. The molecule has 1 aliphatic carbocycles. The Morgan fingerprint density at radius 3 is 2.24 bits per heavy atom. The summed E-state index contributed by atoms with van der Waals surface area (Å²) in [5, 5.41) is 13.5. The lowest BCUT2D eigenvalue weighted by Gasteiger charge is -2.17. The summed E-state index contributed by atoms with van der Waals surface area (Å²) in [7, 11) is 0. The number of nitrogens with one attached hydrogen (secondary N) is 1. The molecule has 0 radical (unpaired) electrons. The summed E-state index contributed by atoms with van der Waals surface area (Å²) < 4.78 is 5.76. The van der Waals surface area contributed by atoms with Crippen molar-refractivity contribution in [3.05, 3.63) is 35.9 Å². The monoisotopic (exact) mass is 291 g/mol. The Morgan fingerprint density at radius 2 is 1.71 bits per heavy atom. The van der Waals surface area contributed by atoms with E-state index in [1.165, 1.54) is 0 Å². The van der Waals surface area contributed by atoms with Gasteiger partial charge in [0.2, 0.25) is 0 Å². The van der Waals surface area contributed by atoms with Crippen LogP contribution in [0, 0.1) is 10.8 Å². The quantitative estimate of drug-likeness (QED) is 0.811. The molecule has 1 aromatic rings. The van der Waals surface area contributed by atoms with Gasteiger partial charge in [-0.05, 0) is 23.3 Å². The highest BCUT2D eigenvalue weighted by atomic mass is 16.5. The van der Waals surface area contributed by atoms with Crippen molar-refractivity contribution in [3.8, 4) is 0 Å². The van der Waals surface area contributed by atoms with Crippen molar-refractivity contribution in [2.75, 3.05) is 13.2 Å². The maximum absolute atomic E-state index is 10.1. The van der Waals surface area contributed by atoms with E-state index in [1.54, 1.807) is 0 Å². The lowest BCUT2D eigenvalue weighted by Crippen LogP contribution is -2.34. The lowest BCUT2D eigenvalue weighted by atomic mass is 10.0. The number of rotatable bonds is 7. The number of aliphatic hydroxyl groups is 1. The highest BCUT2D eigenvalue weighted by molar-refractivity contribution is 5.18. The van der Waals surface area contributed by atoms with Crippen molar-refractivity contribution < 1.29 is 9.84 Å². The largest absolute Gasteiger partial charge is 0.389 e. The van der Waals surface area contributed by atoms with Crippen LogP contribution in [0.1, 0.15) is 46.3 Å². The zero-order valence-corrected chi connectivity index (χ0v) is 13.9. The standard InChI is InChI=1S/C18H29NO2/c1-13(14-9-7-6-8-10-14)21-12-15(20)11-19-16-17(2,3)18(16,4)5/h6-10,13,15-16,19-20H,11-12H2,1-5H3. The van der Waals surface area contributed by atoms with Gasteiger partial charge in [-0.2, -0.15) is 0 Å². The fourth-order valence-electron chi connectivity index (χ4n) is 3.10. The van der Waals surface area contributed by atoms with Crippen LogP contribution in [0.5, 0.6) is 0 Å². The van der Waals surface area contributed by atoms with Gasteiger partial charge in [0.1, 0.15) is 0 Å². The molecule has 118 valence electrons. The molecule has 0 aliphatic heterocycles. The van der Waals surface area contributed by atoms with Gasteiger partial charge in [0, 0.05) is 12.6 Å². The third kappa shape index (κ3) is 3.47. The Balaban J connectivity index is 1.70. The van der Waals surface area contributed by atoms with Gasteiger partial charge < -0.3 is 15.2 Å². The molecule has 0 saturated heterocycles. The Bertz CT molecular complexity index is 442. The van der Waals surface area contributed by atoms with Gasteiger partial charge in [-0.15, -0.1) is 0 Å². The molecular weight excluding hydrogens is 262 g/mol. The molecular formula is C18H29NO2. The van der Waals surface area contributed by atoms with Crippen molar-refractivity contribution in [1.82, 2.24) is 5.32 Å². The number of aliphatic hydroxyl groups excluding tert-OH is 1. The SMILES string of the molecule is CC(OCC(O)CNC1C(C)(C)C1(C)C)c1ccccc1. The summed E-state index contributed by atoms with van der Waals surface area (Å²) in [6.07, 6.45) is -0.460. The summed E-state index contributed by atoms with van der Waals surface area (Å²) in [5.41, 5.74) is 1.73. The van der Waals surface area contributed by atoms with Gasteiger partial charge in [0.05, 0.1) is 18.8 Å². The van der Waals surface area contributed by atoms with Gasteiger partial charge in [-0.1, -0.05) is 58.0 Å². The second kappa shape index (κ2) is 6.07. The van der Waals surface area contributed by atoms with Gasteiger partial charge in [-0.3, -0.25) is 0 Å². The Labute approximate surface area is 128 Å². The Morgan fingerprint density at radius 1 is 1.14 bits per heavy atom. The van der Waals surface area contributed by atoms with Crippen LogP contribution in [0.25, 0.3) is 0 Å². The number of ether oxygens (including phenoxy) is 1. The summed E-state index contributed by atoms with van der Waals surface area (Å²) in [6.45, 7) is 12.0. The van der Waals surface area contributed by atoms with Crippen LogP contribution in [0.15, 0.2) is 30.3 Å². The summed E-state index contributed by atoms with van der Waals surface area (Å²) in [4.78, 5) is 0. The zero-order chi connectivity index (χ0) is 15.7. The molecule has 0 bridgehead atoms. The van der Waals surface area contributed by atoms with Crippen molar-refractivity contribution >= 4 is 0 Å². The zero-order valence-electron chi connectivity index (χ0n) is 13.9. The molecule has 2 N–H and O–H groups in total. The van der Waals surface area contributed by atoms with Crippen LogP contribution >= 0.6 is 0 Å². The van der Waals surface area contributed by atoms with E-state index in [0.29, 0.717) is 30.0 Å². The Kier molecular flexibility index (Phi) is 4.76. The minimum Gasteiger partial charge on any atom is -0.389 e. The van der Waals surface area contributed by atoms with Gasteiger partial charge in [-0.25, -0.2) is 0 Å². The molecule has 2 rings (SSSR count). The van der Waals surface area contributed by atoms with E-state index in [9.17, 15) is 5.11 Å². The van der Waals surface area contributed by atoms with E-state index in [4.69, 9.17) is 4.74 Å². The number of hydrogen-bond donors (Lipinski definition) is 2. The highest BCUT2D eigenvalue weighted by Crippen LogP contribution is 2.62. The van der Waals surface area contributed by atoms with Gasteiger partial charge in [0.15, 0.2) is 0 Å². The lowest BCUT2D eigenvalue weighted by molar-refractivity contribution is -0.00248. The molecule has 1 aromatic carbocycles. The maximum Gasteiger partial charge on any atom is 0.0898 e. The summed E-state index contributed by atoms with van der Waals surface area (Å²) in [5.74, 6) is 0. The van der Waals surface area contributed by atoms with Crippen LogP contribution in [-0.4, -0.2) is 30.4 Å². The second-order valence-electron chi connectivity index (χ2n) is 7.32. The van der Waals surface area contributed by atoms with Crippen LogP contribution in [0.3, 0.4) is 0 Å². The van der Waals surface area contributed by atoms with Crippen LogP contribution in [-0.2, 0) is 4.74 Å². The summed E-state index contributed by atoms with van der Waals surface area (Å²) in [6, 6.07) is 10.6. The van der Waals surface area contributed by atoms with Crippen molar-refractivity contribution in [1.29, 1.82) is 0 Å². The predicted octanol–water partition coefficient (Wildman–Crippen LogP) is 3.15. The van der Waals surface area contributed by atoms with E-state index >= 15 is 0 Å². The first-order valence-corrected chi connectivity index (χ1v) is 7.85. The summed E-state index contributed by atoms with van der Waals surface area (Å²) >= 11 is 0. The molecule has 0 heterocycles. The molecule has 3 nitrogen and oxygen atoms in total. The second-order valence-corrected chi connectivity index (χ2v) is 7.32. The van der Waals surface area contributed by atoms with E-state index in [1.807, 2.05) is 37.3 Å². The first-order valence-electron chi connectivity index (χ1n) is 7.85. The number of benzene rings is 1. The first kappa shape index (κ1) is 16.5. The molecule has 21 heavy (non-hydrogen) atoms. The van der Waals surface area contributed by atoms with Gasteiger partial charge in [0.25, 0.3) is 0 Å². The third-order valence-corrected chi connectivity index (χ3v) is 5.39.